The number of hydrogen-bond acceptors (Lipinski definition) is 3. The number of aryl methyl sites for hydroxylation is 1. The van der Waals surface area contributed by atoms with Crippen LogP contribution >= 0.6 is 0 Å². The number of methoxy groups -OCH3 is 2. The number of nitrogens with one attached hydrogen (secondary N) is 1. The van der Waals surface area contributed by atoms with Crippen molar-refractivity contribution in [3.63, 3.8) is 0 Å². The molecular weight excluding hydrogens is 254 g/mol. The third kappa shape index (κ3) is 2.41. The van der Waals surface area contributed by atoms with Crippen molar-refractivity contribution in [3.05, 3.63) is 46.3 Å². The first-order valence-corrected chi connectivity index (χ1v) is 6.41. The SMILES string of the molecule is COc1cc(OC)cc(C(=O)c2[nH]c(C)c(C)c2C)c1. The first-order chi connectivity index (χ1) is 9.47. The maximum atomic E-state index is 12.6. The first-order valence-electron chi connectivity index (χ1n) is 6.41. The Balaban J connectivity index is 2.50. The normalized spacial score (nSPS) is 10.4. The van der Waals surface area contributed by atoms with Gasteiger partial charge in [0, 0.05) is 17.3 Å². The van der Waals surface area contributed by atoms with Gasteiger partial charge in [-0.1, -0.05) is 0 Å². The van der Waals surface area contributed by atoms with Crippen molar-refractivity contribution >= 4 is 5.78 Å². The Hall–Kier alpha value is -2.23. The van der Waals surface area contributed by atoms with Crippen LogP contribution in [0.1, 0.15) is 32.9 Å². The summed E-state index contributed by atoms with van der Waals surface area (Å²) in [5.41, 5.74) is 4.28. The van der Waals surface area contributed by atoms with Gasteiger partial charge in [0.05, 0.1) is 19.9 Å². The molecule has 0 amide bonds. The van der Waals surface area contributed by atoms with Gasteiger partial charge in [-0.25, -0.2) is 0 Å². The van der Waals surface area contributed by atoms with Gasteiger partial charge in [-0.15, -0.1) is 0 Å². The van der Waals surface area contributed by atoms with Crippen LogP contribution in [0.25, 0.3) is 0 Å². The molecule has 0 radical (unpaired) electrons. The third-order valence-corrected chi connectivity index (χ3v) is 3.65. The zero-order valence-electron chi connectivity index (χ0n) is 12.5. The van der Waals surface area contributed by atoms with Crippen molar-refractivity contribution in [1.82, 2.24) is 4.98 Å². The lowest BCUT2D eigenvalue weighted by Gasteiger charge is -2.08. The van der Waals surface area contributed by atoms with Crippen LogP contribution in [0, 0.1) is 20.8 Å². The molecule has 2 rings (SSSR count). The lowest BCUT2D eigenvalue weighted by atomic mass is 10.0. The van der Waals surface area contributed by atoms with E-state index >= 15 is 0 Å². The van der Waals surface area contributed by atoms with E-state index in [9.17, 15) is 4.79 Å². The molecule has 4 nitrogen and oxygen atoms in total. The predicted molar refractivity (Wildman–Crippen MR) is 78.0 cm³/mol. The van der Waals surface area contributed by atoms with Crippen LogP contribution in [-0.2, 0) is 0 Å². The summed E-state index contributed by atoms with van der Waals surface area (Å²) in [6.07, 6.45) is 0. The van der Waals surface area contributed by atoms with E-state index in [2.05, 4.69) is 4.98 Å². The van der Waals surface area contributed by atoms with Crippen LogP contribution < -0.4 is 9.47 Å². The maximum absolute atomic E-state index is 12.6. The highest BCUT2D eigenvalue weighted by atomic mass is 16.5. The summed E-state index contributed by atoms with van der Waals surface area (Å²) >= 11 is 0. The minimum Gasteiger partial charge on any atom is -0.497 e. The Morgan fingerprint density at radius 3 is 1.90 bits per heavy atom. The summed E-state index contributed by atoms with van der Waals surface area (Å²) in [4.78, 5) is 15.8. The minimum absolute atomic E-state index is 0.0594. The highest BCUT2D eigenvalue weighted by Crippen LogP contribution is 2.26. The average Bonchev–Trinajstić information content (AvgIpc) is 2.73. The lowest BCUT2D eigenvalue weighted by Crippen LogP contribution is -2.05. The molecule has 0 saturated heterocycles. The molecule has 0 bridgehead atoms. The smallest absolute Gasteiger partial charge is 0.209 e. The van der Waals surface area contributed by atoms with Gasteiger partial charge >= 0.3 is 0 Å². The van der Waals surface area contributed by atoms with Crippen LogP contribution in [0.5, 0.6) is 11.5 Å². The molecule has 20 heavy (non-hydrogen) atoms. The van der Waals surface area contributed by atoms with Gasteiger partial charge < -0.3 is 14.5 Å². The molecule has 0 aliphatic heterocycles. The Kier molecular flexibility index (Phi) is 3.84. The van der Waals surface area contributed by atoms with Crippen LogP contribution in [0.2, 0.25) is 0 Å². The number of aromatic amines is 1. The summed E-state index contributed by atoms with van der Waals surface area (Å²) in [6.45, 7) is 5.92. The van der Waals surface area contributed by atoms with Gasteiger partial charge in [-0.3, -0.25) is 4.79 Å². The van der Waals surface area contributed by atoms with E-state index in [0.717, 1.165) is 16.8 Å². The number of ether oxygens (including phenoxy) is 2. The quantitative estimate of drug-likeness (QED) is 0.870. The largest absolute Gasteiger partial charge is 0.497 e. The number of carbonyl (C=O) groups excluding carboxylic acids is 1. The Labute approximate surface area is 118 Å². The lowest BCUT2D eigenvalue weighted by molar-refractivity contribution is 0.103. The van der Waals surface area contributed by atoms with Gasteiger partial charge in [-0.05, 0) is 44.0 Å². The van der Waals surface area contributed by atoms with E-state index in [4.69, 9.17) is 9.47 Å². The number of rotatable bonds is 4. The Morgan fingerprint density at radius 1 is 0.950 bits per heavy atom. The monoisotopic (exact) mass is 273 g/mol. The number of ketones is 1. The van der Waals surface area contributed by atoms with Crippen LogP contribution in [0.4, 0.5) is 0 Å². The second-order valence-corrected chi connectivity index (χ2v) is 4.81. The molecule has 0 spiro atoms. The van der Waals surface area contributed by atoms with Crippen molar-refractivity contribution in [1.29, 1.82) is 0 Å². The molecule has 1 N–H and O–H groups in total. The van der Waals surface area contributed by atoms with E-state index in [-0.39, 0.29) is 5.78 Å². The van der Waals surface area contributed by atoms with Gasteiger partial charge in [0.2, 0.25) is 5.78 Å². The topological polar surface area (TPSA) is 51.3 Å². The fraction of sp³-hybridized carbons (Fsp3) is 0.312. The highest BCUT2D eigenvalue weighted by molar-refractivity contribution is 6.09. The fourth-order valence-electron chi connectivity index (χ4n) is 2.15. The summed E-state index contributed by atoms with van der Waals surface area (Å²) in [5.74, 6) is 1.15. The zero-order valence-corrected chi connectivity index (χ0v) is 12.5. The van der Waals surface area contributed by atoms with Crippen molar-refractivity contribution in [2.45, 2.75) is 20.8 Å². The molecule has 0 unspecified atom stereocenters. The van der Waals surface area contributed by atoms with E-state index in [0.29, 0.717) is 22.8 Å². The van der Waals surface area contributed by atoms with E-state index in [1.54, 1.807) is 32.4 Å². The predicted octanol–water partition coefficient (Wildman–Crippen LogP) is 3.19. The molecule has 2 aromatic rings. The number of aromatic nitrogens is 1. The molecule has 0 saturated carbocycles. The maximum Gasteiger partial charge on any atom is 0.209 e. The summed E-state index contributed by atoms with van der Waals surface area (Å²) in [7, 11) is 3.13. The second kappa shape index (κ2) is 5.41. The van der Waals surface area contributed by atoms with Crippen molar-refractivity contribution in [3.8, 4) is 11.5 Å². The van der Waals surface area contributed by atoms with Gasteiger partial charge in [0.1, 0.15) is 11.5 Å². The number of benzene rings is 1. The summed E-state index contributed by atoms with van der Waals surface area (Å²) in [6, 6.07) is 5.18. The van der Waals surface area contributed by atoms with Crippen molar-refractivity contribution in [2.75, 3.05) is 14.2 Å². The molecule has 4 heteroatoms. The number of carbonyl (C=O) groups is 1. The van der Waals surface area contributed by atoms with Crippen molar-refractivity contribution in [2.24, 2.45) is 0 Å². The molecule has 1 aromatic heterocycles. The highest BCUT2D eigenvalue weighted by Gasteiger charge is 2.18. The zero-order chi connectivity index (χ0) is 14.9. The van der Waals surface area contributed by atoms with E-state index in [1.165, 1.54) is 0 Å². The third-order valence-electron chi connectivity index (χ3n) is 3.65. The fourth-order valence-corrected chi connectivity index (χ4v) is 2.15. The summed E-state index contributed by atoms with van der Waals surface area (Å²) < 4.78 is 10.4. The molecule has 0 fully saturated rings. The minimum atomic E-state index is -0.0594. The molecule has 1 aromatic carbocycles. The van der Waals surface area contributed by atoms with Gasteiger partial charge in [-0.2, -0.15) is 0 Å². The van der Waals surface area contributed by atoms with Crippen molar-refractivity contribution < 1.29 is 14.3 Å². The standard InChI is InChI=1S/C16H19NO3/c1-9-10(2)15(17-11(9)3)16(18)12-6-13(19-4)8-14(7-12)20-5/h6-8,17H,1-5H3. The van der Waals surface area contributed by atoms with Crippen LogP contribution in [-0.4, -0.2) is 25.0 Å². The van der Waals surface area contributed by atoms with Gasteiger partial charge in [0.25, 0.3) is 0 Å². The van der Waals surface area contributed by atoms with Crippen LogP contribution in [0.15, 0.2) is 18.2 Å². The summed E-state index contributed by atoms with van der Waals surface area (Å²) in [5, 5.41) is 0. The van der Waals surface area contributed by atoms with E-state index < -0.39 is 0 Å². The van der Waals surface area contributed by atoms with Crippen LogP contribution in [0.3, 0.4) is 0 Å². The molecule has 0 aliphatic carbocycles. The number of hydrogen-bond donors (Lipinski definition) is 1. The Morgan fingerprint density at radius 2 is 1.50 bits per heavy atom. The molecule has 0 atom stereocenters. The Bertz CT molecular complexity index is 634. The molecular formula is C16H19NO3. The molecule has 1 heterocycles. The second-order valence-electron chi connectivity index (χ2n) is 4.81. The number of H-pyrrole nitrogens is 1. The van der Waals surface area contributed by atoms with Gasteiger partial charge in [0.15, 0.2) is 0 Å². The van der Waals surface area contributed by atoms with E-state index in [1.807, 2.05) is 20.8 Å². The molecule has 106 valence electrons. The first kappa shape index (κ1) is 14.2. The molecule has 0 aliphatic rings. The average molecular weight is 273 g/mol.